The lowest BCUT2D eigenvalue weighted by Gasteiger charge is -2.22. The van der Waals surface area contributed by atoms with Gasteiger partial charge in [-0.15, -0.1) is 24.0 Å². The maximum atomic E-state index is 12.3. The molecule has 5 nitrogen and oxygen atoms in total. The summed E-state index contributed by atoms with van der Waals surface area (Å²) < 4.78 is 41.9. The van der Waals surface area contributed by atoms with E-state index < -0.39 is 12.7 Å². The standard InChI is InChI=1S/C15H29F3N4O.HI/c1-4-19-14(22-9-6-13(10-22)11-23-3)20-7-5-8-21(2)12-15(16,17)18;/h13H,4-12H2,1-3H3,(H,19,20);1H. The highest BCUT2D eigenvalue weighted by atomic mass is 127. The first-order valence-corrected chi connectivity index (χ1v) is 8.13. The molecular weight excluding hydrogens is 436 g/mol. The lowest BCUT2D eigenvalue weighted by atomic mass is 10.1. The zero-order valence-electron chi connectivity index (χ0n) is 14.7. The van der Waals surface area contributed by atoms with Crippen LogP contribution in [0.4, 0.5) is 13.2 Å². The summed E-state index contributed by atoms with van der Waals surface area (Å²) in [5.41, 5.74) is 0. The van der Waals surface area contributed by atoms with Crippen molar-refractivity contribution >= 4 is 29.9 Å². The monoisotopic (exact) mass is 466 g/mol. The SMILES string of the molecule is CCNC(=NCCCN(C)CC(F)(F)F)N1CCC(COC)C1.I. The fourth-order valence-corrected chi connectivity index (χ4v) is 2.73. The minimum atomic E-state index is -4.14. The van der Waals surface area contributed by atoms with Crippen LogP contribution >= 0.6 is 24.0 Å². The molecule has 1 aliphatic rings. The second-order valence-electron chi connectivity index (χ2n) is 6.00. The van der Waals surface area contributed by atoms with Crippen LogP contribution in [-0.2, 0) is 4.74 Å². The number of guanidine groups is 1. The minimum Gasteiger partial charge on any atom is -0.384 e. The molecule has 0 aromatic heterocycles. The van der Waals surface area contributed by atoms with E-state index in [1.807, 2.05) is 6.92 Å². The van der Waals surface area contributed by atoms with E-state index in [0.717, 1.165) is 38.6 Å². The molecular formula is C15H30F3IN4O. The molecule has 1 saturated heterocycles. The van der Waals surface area contributed by atoms with Gasteiger partial charge in [0.1, 0.15) is 0 Å². The maximum Gasteiger partial charge on any atom is 0.401 e. The van der Waals surface area contributed by atoms with Gasteiger partial charge < -0.3 is 15.0 Å². The van der Waals surface area contributed by atoms with Crippen LogP contribution in [0, 0.1) is 5.92 Å². The number of nitrogens with one attached hydrogen (secondary N) is 1. The van der Waals surface area contributed by atoms with Crippen LogP contribution in [0.15, 0.2) is 4.99 Å². The molecule has 1 aliphatic heterocycles. The fourth-order valence-electron chi connectivity index (χ4n) is 2.73. The third-order valence-electron chi connectivity index (χ3n) is 3.73. The summed E-state index contributed by atoms with van der Waals surface area (Å²) in [6, 6.07) is 0. The number of methoxy groups -OCH3 is 1. The number of ether oxygens (including phenoxy) is 1. The Hall–Kier alpha value is -0.290. The second-order valence-corrected chi connectivity index (χ2v) is 6.00. The zero-order chi connectivity index (χ0) is 17.3. The van der Waals surface area contributed by atoms with Crippen LogP contribution < -0.4 is 5.32 Å². The van der Waals surface area contributed by atoms with Crippen LogP contribution in [0.1, 0.15) is 19.8 Å². The van der Waals surface area contributed by atoms with Crippen molar-refractivity contribution in [3.63, 3.8) is 0 Å². The van der Waals surface area contributed by atoms with Gasteiger partial charge in [-0.05, 0) is 33.4 Å². The molecule has 0 bridgehead atoms. The predicted molar refractivity (Wildman–Crippen MR) is 101 cm³/mol. The predicted octanol–water partition coefficient (Wildman–Crippen LogP) is 2.42. The molecule has 0 saturated carbocycles. The van der Waals surface area contributed by atoms with E-state index >= 15 is 0 Å². The first-order valence-electron chi connectivity index (χ1n) is 8.13. The van der Waals surface area contributed by atoms with Gasteiger partial charge in [-0.1, -0.05) is 0 Å². The van der Waals surface area contributed by atoms with Gasteiger partial charge in [0.05, 0.1) is 13.2 Å². The Morgan fingerprint density at radius 1 is 1.42 bits per heavy atom. The van der Waals surface area contributed by atoms with Gasteiger partial charge in [-0.25, -0.2) is 0 Å². The summed E-state index contributed by atoms with van der Waals surface area (Å²) in [5, 5.41) is 3.26. The fraction of sp³-hybridized carbons (Fsp3) is 0.933. The molecule has 1 unspecified atom stereocenters. The van der Waals surface area contributed by atoms with Crippen molar-refractivity contribution in [3.8, 4) is 0 Å². The molecule has 1 heterocycles. The molecule has 0 aromatic rings. The van der Waals surface area contributed by atoms with Gasteiger partial charge in [0.15, 0.2) is 5.96 Å². The third-order valence-corrected chi connectivity index (χ3v) is 3.73. The van der Waals surface area contributed by atoms with E-state index in [2.05, 4.69) is 15.2 Å². The van der Waals surface area contributed by atoms with E-state index in [0.29, 0.717) is 25.4 Å². The van der Waals surface area contributed by atoms with Crippen molar-refractivity contribution < 1.29 is 17.9 Å². The summed E-state index contributed by atoms with van der Waals surface area (Å²) in [7, 11) is 3.19. The molecule has 0 spiro atoms. The lowest BCUT2D eigenvalue weighted by molar-refractivity contribution is -0.143. The molecule has 0 aromatic carbocycles. The highest BCUT2D eigenvalue weighted by molar-refractivity contribution is 14.0. The Labute approximate surface area is 160 Å². The Morgan fingerprint density at radius 3 is 2.71 bits per heavy atom. The van der Waals surface area contributed by atoms with Crippen molar-refractivity contribution in [3.05, 3.63) is 0 Å². The molecule has 1 fully saturated rings. The number of halogens is 4. The summed E-state index contributed by atoms with van der Waals surface area (Å²) in [6.07, 6.45) is -2.46. The molecule has 1 rings (SSSR count). The van der Waals surface area contributed by atoms with Crippen molar-refractivity contribution in [2.24, 2.45) is 10.9 Å². The Bertz CT molecular complexity index is 369. The number of nitrogens with zero attached hydrogens (tertiary/aromatic N) is 3. The molecule has 1 atom stereocenters. The third kappa shape index (κ3) is 9.87. The van der Waals surface area contributed by atoms with Crippen LogP contribution in [-0.4, -0.2) is 82.0 Å². The van der Waals surface area contributed by atoms with Gasteiger partial charge in [0.2, 0.25) is 0 Å². The number of alkyl halides is 3. The molecule has 1 N–H and O–H groups in total. The number of rotatable bonds is 8. The Balaban J connectivity index is 0.00000529. The second kappa shape index (κ2) is 12.1. The highest BCUT2D eigenvalue weighted by Gasteiger charge is 2.29. The maximum absolute atomic E-state index is 12.3. The van der Waals surface area contributed by atoms with E-state index in [-0.39, 0.29) is 24.0 Å². The van der Waals surface area contributed by atoms with Crippen molar-refractivity contribution in [1.82, 2.24) is 15.1 Å². The quantitative estimate of drug-likeness (QED) is 0.258. The number of hydrogen-bond donors (Lipinski definition) is 1. The average molecular weight is 466 g/mol. The molecule has 24 heavy (non-hydrogen) atoms. The van der Waals surface area contributed by atoms with Crippen molar-refractivity contribution in [1.29, 1.82) is 0 Å². The summed E-state index contributed by atoms with van der Waals surface area (Å²) in [5.74, 6) is 1.37. The largest absolute Gasteiger partial charge is 0.401 e. The van der Waals surface area contributed by atoms with E-state index in [9.17, 15) is 13.2 Å². The van der Waals surface area contributed by atoms with Gasteiger partial charge >= 0.3 is 6.18 Å². The Kier molecular flexibility index (Phi) is 12.0. The van der Waals surface area contributed by atoms with E-state index in [1.54, 1.807) is 7.11 Å². The number of likely N-dealkylation sites (tertiary alicyclic amines) is 1. The minimum absolute atomic E-state index is 0. The van der Waals surface area contributed by atoms with Gasteiger partial charge in [0, 0.05) is 39.2 Å². The van der Waals surface area contributed by atoms with Crippen LogP contribution in [0.25, 0.3) is 0 Å². The van der Waals surface area contributed by atoms with Gasteiger partial charge in [-0.2, -0.15) is 13.2 Å². The number of hydrogen-bond acceptors (Lipinski definition) is 3. The molecule has 9 heteroatoms. The van der Waals surface area contributed by atoms with Gasteiger partial charge in [0.25, 0.3) is 0 Å². The smallest absolute Gasteiger partial charge is 0.384 e. The van der Waals surface area contributed by atoms with Gasteiger partial charge in [-0.3, -0.25) is 9.89 Å². The normalized spacial score (nSPS) is 18.9. The summed E-state index contributed by atoms with van der Waals surface area (Å²) >= 11 is 0. The molecule has 144 valence electrons. The van der Waals surface area contributed by atoms with Crippen molar-refractivity contribution in [2.75, 3.05) is 60.0 Å². The Morgan fingerprint density at radius 2 is 2.12 bits per heavy atom. The molecule has 0 radical (unpaired) electrons. The average Bonchev–Trinajstić information content (AvgIpc) is 2.89. The zero-order valence-corrected chi connectivity index (χ0v) is 17.1. The summed E-state index contributed by atoms with van der Waals surface area (Å²) in [6.45, 7) is 5.42. The topological polar surface area (TPSA) is 40.1 Å². The highest BCUT2D eigenvalue weighted by Crippen LogP contribution is 2.17. The summed E-state index contributed by atoms with van der Waals surface area (Å²) in [4.78, 5) is 8.03. The number of aliphatic imine (C=N–C) groups is 1. The van der Waals surface area contributed by atoms with E-state index in [1.165, 1.54) is 11.9 Å². The van der Waals surface area contributed by atoms with Crippen molar-refractivity contribution in [2.45, 2.75) is 25.9 Å². The molecule has 0 amide bonds. The lowest BCUT2D eigenvalue weighted by Crippen LogP contribution is -2.40. The van der Waals surface area contributed by atoms with E-state index in [4.69, 9.17) is 4.74 Å². The molecule has 0 aliphatic carbocycles. The van der Waals surface area contributed by atoms with Crippen LogP contribution in [0.3, 0.4) is 0 Å². The first-order chi connectivity index (χ1) is 10.9. The first kappa shape index (κ1) is 23.7. The van der Waals surface area contributed by atoms with Crippen LogP contribution in [0.5, 0.6) is 0 Å². The van der Waals surface area contributed by atoms with Crippen LogP contribution in [0.2, 0.25) is 0 Å².